The maximum atomic E-state index is 12.9. The van der Waals surface area contributed by atoms with Gasteiger partial charge in [0.15, 0.2) is 5.76 Å². The van der Waals surface area contributed by atoms with Gasteiger partial charge in [-0.05, 0) is 50.6 Å². The van der Waals surface area contributed by atoms with Gasteiger partial charge in [-0.25, -0.2) is 13.1 Å². The summed E-state index contributed by atoms with van der Waals surface area (Å²) in [6.45, 7) is 5.16. The highest BCUT2D eigenvalue weighted by Gasteiger charge is 2.20. The Kier molecular flexibility index (Phi) is 5.34. The van der Waals surface area contributed by atoms with Gasteiger partial charge in [-0.3, -0.25) is 4.79 Å². The molecular formula is C21H20N4O5S. The quantitative estimate of drug-likeness (QED) is 0.489. The molecule has 3 heterocycles. The lowest BCUT2D eigenvalue weighted by Gasteiger charge is -2.11. The first-order valence-electron chi connectivity index (χ1n) is 9.43. The molecular weight excluding hydrogens is 420 g/mol. The summed E-state index contributed by atoms with van der Waals surface area (Å²) in [5.41, 5.74) is 2.20. The summed E-state index contributed by atoms with van der Waals surface area (Å²) >= 11 is 0. The Morgan fingerprint density at radius 3 is 2.58 bits per heavy atom. The van der Waals surface area contributed by atoms with E-state index >= 15 is 0 Å². The van der Waals surface area contributed by atoms with Crippen molar-refractivity contribution in [2.75, 3.05) is 0 Å². The standard InChI is InChI=1S/C21H20N4O5S/c1-13-6-7-16(11-19(13)31(27,28)22-12-17-5-4-10-29-17)18-8-9-20(26)25(23-18)21-14(2)24-30-15(21)3/h4-11,22H,12H2,1-3H3. The van der Waals surface area contributed by atoms with Gasteiger partial charge in [0.25, 0.3) is 5.56 Å². The molecule has 0 amide bonds. The van der Waals surface area contributed by atoms with Gasteiger partial charge in [-0.1, -0.05) is 17.3 Å². The van der Waals surface area contributed by atoms with Gasteiger partial charge in [-0.15, -0.1) is 0 Å². The minimum atomic E-state index is -3.80. The molecule has 0 aliphatic rings. The highest BCUT2D eigenvalue weighted by Crippen LogP contribution is 2.24. The third kappa shape index (κ3) is 4.07. The smallest absolute Gasteiger partial charge is 0.271 e. The lowest BCUT2D eigenvalue weighted by Crippen LogP contribution is -2.24. The maximum Gasteiger partial charge on any atom is 0.271 e. The number of rotatable bonds is 6. The van der Waals surface area contributed by atoms with E-state index in [1.54, 1.807) is 51.1 Å². The largest absolute Gasteiger partial charge is 0.468 e. The van der Waals surface area contributed by atoms with Crippen LogP contribution >= 0.6 is 0 Å². The normalized spacial score (nSPS) is 11.7. The molecule has 4 rings (SSSR count). The summed E-state index contributed by atoms with van der Waals surface area (Å²) in [4.78, 5) is 12.5. The van der Waals surface area contributed by atoms with E-state index in [0.29, 0.717) is 39.7 Å². The molecule has 0 unspecified atom stereocenters. The lowest BCUT2D eigenvalue weighted by molar-refractivity contribution is 0.392. The summed E-state index contributed by atoms with van der Waals surface area (Å²) in [5, 5.41) is 8.29. The molecule has 0 saturated carbocycles. The van der Waals surface area contributed by atoms with Crippen molar-refractivity contribution in [1.29, 1.82) is 0 Å². The van der Waals surface area contributed by atoms with Crippen LogP contribution in [0, 0.1) is 20.8 Å². The molecule has 3 aromatic heterocycles. The second-order valence-electron chi connectivity index (χ2n) is 7.03. The third-order valence-electron chi connectivity index (χ3n) is 4.80. The molecule has 0 spiro atoms. The van der Waals surface area contributed by atoms with Crippen LogP contribution in [0.5, 0.6) is 0 Å². The van der Waals surface area contributed by atoms with Gasteiger partial charge >= 0.3 is 0 Å². The summed E-state index contributed by atoms with van der Waals surface area (Å²) < 4.78 is 39.8. The van der Waals surface area contributed by atoms with Crippen molar-refractivity contribution in [3.63, 3.8) is 0 Å². The topological polar surface area (TPSA) is 120 Å². The summed E-state index contributed by atoms with van der Waals surface area (Å²) in [6.07, 6.45) is 1.48. The van der Waals surface area contributed by atoms with Crippen molar-refractivity contribution < 1.29 is 17.4 Å². The Balaban J connectivity index is 1.73. The second-order valence-corrected chi connectivity index (χ2v) is 8.76. The molecule has 160 valence electrons. The van der Waals surface area contributed by atoms with Crippen LogP contribution in [-0.2, 0) is 16.6 Å². The highest BCUT2D eigenvalue weighted by molar-refractivity contribution is 7.89. The van der Waals surface area contributed by atoms with Crippen molar-refractivity contribution in [2.45, 2.75) is 32.2 Å². The van der Waals surface area contributed by atoms with Gasteiger partial charge in [0.1, 0.15) is 17.1 Å². The van der Waals surface area contributed by atoms with E-state index in [1.807, 2.05) is 0 Å². The molecule has 1 N–H and O–H groups in total. The van der Waals surface area contributed by atoms with E-state index in [9.17, 15) is 13.2 Å². The maximum absolute atomic E-state index is 12.9. The molecule has 0 fully saturated rings. The fourth-order valence-corrected chi connectivity index (χ4v) is 4.47. The second kappa shape index (κ2) is 7.97. The van der Waals surface area contributed by atoms with Crippen molar-refractivity contribution in [3.05, 3.63) is 81.9 Å². The van der Waals surface area contributed by atoms with Crippen LogP contribution in [-0.4, -0.2) is 23.4 Å². The number of nitrogens with one attached hydrogen (secondary N) is 1. The SMILES string of the molecule is Cc1ccc(-c2ccc(=O)n(-c3c(C)noc3C)n2)cc1S(=O)(=O)NCc1ccco1. The first kappa shape index (κ1) is 20.8. The average Bonchev–Trinajstić information content (AvgIpc) is 3.37. The van der Waals surface area contributed by atoms with Gasteiger partial charge in [0, 0.05) is 11.6 Å². The zero-order valence-corrected chi connectivity index (χ0v) is 17.9. The van der Waals surface area contributed by atoms with Crippen LogP contribution in [0.2, 0.25) is 0 Å². The number of aromatic nitrogens is 3. The van der Waals surface area contributed by atoms with Crippen LogP contribution in [0.15, 0.2) is 67.4 Å². The molecule has 10 heteroatoms. The Hall–Kier alpha value is -3.50. The van der Waals surface area contributed by atoms with E-state index in [4.69, 9.17) is 8.94 Å². The van der Waals surface area contributed by atoms with E-state index < -0.39 is 10.0 Å². The van der Waals surface area contributed by atoms with Crippen LogP contribution in [0.3, 0.4) is 0 Å². The molecule has 9 nitrogen and oxygen atoms in total. The van der Waals surface area contributed by atoms with Gasteiger partial charge in [0.05, 0.1) is 23.4 Å². The highest BCUT2D eigenvalue weighted by atomic mass is 32.2. The molecule has 0 aliphatic heterocycles. The lowest BCUT2D eigenvalue weighted by atomic mass is 10.1. The summed E-state index contributed by atoms with van der Waals surface area (Å²) in [6, 6.07) is 11.3. The van der Waals surface area contributed by atoms with Crippen molar-refractivity contribution >= 4 is 10.0 Å². The fourth-order valence-electron chi connectivity index (χ4n) is 3.21. The molecule has 31 heavy (non-hydrogen) atoms. The summed E-state index contributed by atoms with van der Waals surface area (Å²) in [7, 11) is -3.80. The first-order valence-corrected chi connectivity index (χ1v) is 10.9. The van der Waals surface area contributed by atoms with E-state index in [-0.39, 0.29) is 17.0 Å². The number of hydrogen-bond acceptors (Lipinski definition) is 7. The molecule has 0 atom stereocenters. The zero-order valence-electron chi connectivity index (χ0n) is 17.1. The molecule has 1 aromatic carbocycles. The molecule has 0 radical (unpaired) electrons. The Morgan fingerprint density at radius 2 is 1.90 bits per heavy atom. The first-order chi connectivity index (χ1) is 14.8. The predicted octanol–water partition coefficient (Wildman–Crippen LogP) is 2.88. The minimum Gasteiger partial charge on any atom is -0.468 e. The van der Waals surface area contributed by atoms with Crippen LogP contribution < -0.4 is 10.3 Å². The number of aryl methyl sites for hydroxylation is 3. The number of benzene rings is 1. The van der Waals surface area contributed by atoms with E-state index in [2.05, 4.69) is 15.0 Å². The molecule has 4 aromatic rings. The zero-order chi connectivity index (χ0) is 22.2. The monoisotopic (exact) mass is 440 g/mol. The van der Waals surface area contributed by atoms with Crippen LogP contribution in [0.4, 0.5) is 0 Å². The molecule has 0 aliphatic carbocycles. The number of furan rings is 1. The molecule has 0 bridgehead atoms. The minimum absolute atomic E-state index is 0.0359. The Bertz CT molecular complexity index is 1380. The molecule has 0 saturated heterocycles. The summed E-state index contributed by atoms with van der Waals surface area (Å²) in [5.74, 6) is 0.962. The predicted molar refractivity (Wildman–Crippen MR) is 112 cm³/mol. The van der Waals surface area contributed by atoms with Crippen LogP contribution in [0.1, 0.15) is 22.8 Å². The van der Waals surface area contributed by atoms with Gasteiger partial charge in [-0.2, -0.15) is 9.78 Å². The van der Waals surface area contributed by atoms with Gasteiger partial charge in [0.2, 0.25) is 10.0 Å². The Morgan fingerprint density at radius 1 is 1.10 bits per heavy atom. The average molecular weight is 440 g/mol. The number of sulfonamides is 1. The number of nitrogens with zero attached hydrogens (tertiary/aromatic N) is 3. The Labute approximate surface area is 178 Å². The van der Waals surface area contributed by atoms with Crippen molar-refractivity contribution in [1.82, 2.24) is 19.7 Å². The third-order valence-corrected chi connectivity index (χ3v) is 6.34. The van der Waals surface area contributed by atoms with E-state index in [0.717, 1.165) is 0 Å². The van der Waals surface area contributed by atoms with Gasteiger partial charge < -0.3 is 8.94 Å². The van der Waals surface area contributed by atoms with Crippen molar-refractivity contribution in [2.24, 2.45) is 0 Å². The fraction of sp³-hybridized carbons (Fsp3) is 0.190. The van der Waals surface area contributed by atoms with Crippen LogP contribution in [0.25, 0.3) is 16.9 Å². The number of hydrogen-bond donors (Lipinski definition) is 1. The van der Waals surface area contributed by atoms with Crippen molar-refractivity contribution in [3.8, 4) is 16.9 Å². The van der Waals surface area contributed by atoms with E-state index in [1.165, 1.54) is 23.1 Å².